The van der Waals surface area contributed by atoms with Crippen molar-refractivity contribution in [2.75, 3.05) is 6.61 Å². The molecular formula is C11H14FO. The summed E-state index contributed by atoms with van der Waals surface area (Å²) in [6.45, 7) is 3.55. The molecule has 71 valence electrons. The highest BCUT2D eigenvalue weighted by Gasteiger charge is 2.12. The van der Waals surface area contributed by atoms with E-state index in [4.69, 9.17) is 5.11 Å². The van der Waals surface area contributed by atoms with Gasteiger partial charge in [-0.3, -0.25) is 0 Å². The maximum absolute atomic E-state index is 13.6. The van der Waals surface area contributed by atoms with Crippen LogP contribution >= 0.6 is 0 Å². The smallest absolute Gasteiger partial charge is 0.130 e. The number of aryl methyl sites for hydroxylation is 1. The quantitative estimate of drug-likeness (QED) is 0.758. The summed E-state index contributed by atoms with van der Waals surface area (Å²) in [5, 5.41) is 8.87. The van der Waals surface area contributed by atoms with Crippen LogP contribution in [0.2, 0.25) is 0 Å². The standard InChI is InChI=1S/C11H14FO/c1-3-9-5-4-6-10(11(9)12)8(2)7-13/h4-6,13H,3,7H2,1-2H3. The van der Waals surface area contributed by atoms with Crippen molar-refractivity contribution in [1.29, 1.82) is 0 Å². The zero-order valence-corrected chi connectivity index (χ0v) is 7.97. The third-order valence-corrected chi connectivity index (χ3v) is 2.16. The molecule has 1 radical (unpaired) electrons. The van der Waals surface area contributed by atoms with Crippen LogP contribution in [0.1, 0.15) is 25.0 Å². The minimum atomic E-state index is -0.198. The third-order valence-electron chi connectivity index (χ3n) is 2.16. The van der Waals surface area contributed by atoms with Gasteiger partial charge in [0.2, 0.25) is 0 Å². The number of hydrogen-bond donors (Lipinski definition) is 1. The molecule has 1 nitrogen and oxygen atoms in total. The normalized spacial score (nSPS) is 10.8. The SMILES string of the molecule is CCc1cccc([C](C)CO)c1F. The molecular weight excluding hydrogens is 167 g/mol. The Bertz CT molecular complexity index is 283. The fraction of sp³-hybridized carbons (Fsp3) is 0.364. The van der Waals surface area contributed by atoms with Crippen LogP contribution < -0.4 is 0 Å². The van der Waals surface area contributed by atoms with Crippen molar-refractivity contribution in [3.63, 3.8) is 0 Å². The van der Waals surface area contributed by atoms with Crippen LogP contribution in [0.15, 0.2) is 18.2 Å². The lowest BCUT2D eigenvalue weighted by Gasteiger charge is -2.10. The highest BCUT2D eigenvalue weighted by Crippen LogP contribution is 2.20. The minimum Gasteiger partial charge on any atom is -0.395 e. The minimum absolute atomic E-state index is 0.0932. The molecule has 0 aliphatic rings. The number of aliphatic hydroxyl groups excluding tert-OH is 1. The molecule has 13 heavy (non-hydrogen) atoms. The van der Waals surface area contributed by atoms with Gasteiger partial charge in [-0.05, 0) is 17.5 Å². The van der Waals surface area contributed by atoms with E-state index in [1.54, 1.807) is 19.1 Å². The van der Waals surface area contributed by atoms with Crippen LogP contribution in [0.25, 0.3) is 0 Å². The Morgan fingerprint density at radius 2 is 2.15 bits per heavy atom. The molecule has 1 aromatic carbocycles. The summed E-state index contributed by atoms with van der Waals surface area (Å²) in [5.41, 5.74) is 1.23. The lowest BCUT2D eigenvalue weighted by molar-refractivity contribution is 0.313. The van der Waals surface area contributed by atoms with Crippen molar-refractivity contribution in [2.45, 2.75) is 20.3 Å². The molecule has 0 fully saturated rings. The lowest BCUT2D eigenvalue weighted by Crippen LogP contribution is -2.04. The van der Waals surface area contributed by atoms with Gasteiger partial charge in [-0.25, -0.2) is 4.39 Å². The van der Waals surface area contributed by atoms with Gasteiger partial charge in [0.25, 0.3) is 0 Å². The summed E-state index contributed by atoms with van der Waals surface area (Å²) in [4.78, 5) is 0. The molecule has 1 N–H and O–H groups in total. The first kappa shape index (κ1) is 10.2. The van der Waals surface area contributed by atoms with E-state index in [2.05, 4.69) is 0 Å². The summed E-state index contributed by atoms with van der Waals surface area (Å²) in [6.07, 6.45) is 0.679. The Morgan fingerprint density at radius 1 is 1.46 bits per heavy atom. The predicted octanol–water partition coefficient (Wildman–Crippen LogP) is 2.32. The number of rotatable bonds is 3. The first-order valence-corrected chi connectivity index (χ1v) is 4.41. The molecule has 0 saturated carbocycles. The molecule has 0 amide bonds. The Morgan fingerprint density at radius 3 is 2.69 bits per heavy atom. The van der Waals surface area contributed by atoms with Crippen molar-refractivity contribution in [3.05, 3.63) is 41.1 Å². The molecule has 1 rings (SSSR count). The lowest BCUT2D eigenvalue weighted by atomic mass is 9.98. The Kier molecular flexibility index (Phi) is 3.43. The molecule has 0 aromatic heterocycles. The largest absolute Gasteiger partial charge is 0.395 e. The van der Waals surface area contributed by atoms with Crippen LogP contribution in [-0.2, 0) is 6.42 Å². The van der Waals surface area contributed by atoms with Crippen LogP contribution in [0.5, 0.6) is 0 Å². The van der Waals surface area contributed by atoms with Crippen molar-refractivity contribution < 1.29 is 9.50 Å². The monoisotopic (exact) mass is 181 g/mol. The average molecular weight is 181 g/mol. The van der Waals surface area contributed by atoms with Crippen molar-refractivity contribution in [1.82, 2.24) is 0 Å². The number of aliphatic hydroxyl groups is 1. The summed E-state index contributed by atoms with van der Waals surface area (Å²) in [6, 6.07) is 5.28. The van der Waals surface area contributed by atoms with Gasteiger partial charge in [0, 0.05) is 5.92 Å². The van der Waals surface area contributed by atoms with E-state index in [0.717, 1.165) is 0 Å². The summed E-state index contributed by atoms with van der Waals surface area (Å²) in [7, 11) is 0. The molecule has 0 saturated heterocycles. The van der Waals surface area contributed by atoms with E-state index in [1.807, 2.05) is 13.0 Å². The van der Waals surface area contributed by atoms with Crippen LogP contribution in [0.4, 0.5) is 4.39 Å². The van der Waals surface area contributed by atoms with Gasteiger partial charge >= 0.3 is 0 Å². The van der Waals surface area contributed by atoms with Crippen molar-refractivity contribution >= 4 is 0 Å². The van der Waals surface area contributed by atoms with Gasteiger partial charge in [0.1, 0.15) is 5.82 Å². The predicted molar refractivity (Wildman–Crippen MR) is 50.9 cm³/mol. The second-order valence-electron chi connectivity index (χ2n) is 3.07. The summed E-state index contributed by atoms with van der Waals surface area (Å²) < 4.78 is 13.6. The fourth-order valence-electron chi connectivity index (χ4n) is 1.27. The van der Waals surface area contributed by atoms with Gasteiger partial charge in [0.15, 0.2) is 0 Å². The molecule has 0 aliphatic carbocycles. The second-order valence-corrected chi connectivity index (χ2v) is 3.07. The molecule has 0 aliphatic heterocycles. The number of halogens is 1. The summed E-state index contributed by atoms with van der Waals surface area (Å²) >= 11 is 0. The third kappa shape index (κ3) is 2.07. The molecule has 1 aromatic rings. The zero-order chi connectivity index (χ0) is 9.84. The van der Waals surface area contributed by atoms with E-state index in [0.29, 0.717) is 23.5 Å². The molecule has 0 bridgehead atoms. The van der Waals surface area contributed by atoms with E-state index in [1.165, 1.54) is 0 Å². The van der Waals surface area contributed by atoms with E-state index in [-0.39, 0.29) is 12.4 Å². The van der Waals surface area contributed by atoms with Crippen molar-refractivity contribution in [2.24, 2.45) is 0 Å². The number of benzene rings is 1. The second kappa shape index (κ2) is 4.38. The Balaban J connectivity index is 3.08. The maximum atomic E-state index is 13.6. The van der Waals surface area contributed by atoms with Crippen molar-refractivity contribution in [3.8, 4) is 0 Å². The van der Waals surface area contributed by atoms with E-state index >= 15 is 0 Å². The highest BCUT2D eigenvalue weighted by atomic mass is 19.1. The topological polar surface area (TPSA) is 20.2 Å². The highest BCUT2D eigenvalue weighted by molar-refractivity contribution is 5.35. The Hall–Kier alpha value is -0.890. The van der Waals surface area contributed by atoms with Gasteiger partial charge in [-0.2, -0.15) is 0 Å². The molecule has 0 heterocycles. The first-order valence-electron chi connectivity index (χ1n) is 4.41. The Labute approximate surface area is 78.2 Å². The van der Waals surface area contributed by atoms with Crippen LogP contribution in [0.3, 0.4) is 0 Å². The van der Waals surface area contributed by atoms with E-state index < -0.39 is 0 Å². The average Bonchev–Trinajstić information content (AvgIpc) is 2.17. The first-order chi connectivity index (χ1) is 6.20. The number of hydrogen-bond acceptors (Lipinski definition) is 1. The molecule has 0 spiro atoms. The molecule has 0 unspecified atom stereocenters. The van der Waals surface area contributed by atoms with Gasteiger partial charge in [-0.15, -0.1) is 0 Å². The van der Waals surface area contributed by atoms with Crippen LogP contribution in [0, 0.1) is 11.7 Å². The molecule has 0 atom stereocenters. The molecule has 2 heteroatoms. The van der Waals surface area contributed by atoms with Gasteiger partial charge in [-0.1, -0.05) is 32.0 Å². The van der Waals surface area contributed by atoms with E-state index in [9.17, 15) is 4.39 Å². The maximum Gasteiger partial charge on any atom is 0.130 e. The summed E-state index contributed by atoms with van der Waals surface area (Å²) in [5.74, 6) is 0.476. The van der Waals surface area contributed by atoms with Gasteiger partial charge < -0.3 is 5.11 Å². The van der Waals surface area contributed by atoms with Gasteiger partial charge in [0.05, 0.1) is 6.61 Å². The zero-order valence-electron chi connectivity index (χ0n) is 7.97. The fourth-order valence-corrected chi connectivity index (χ4v) is 1.27. The van der Waals surface area contributed by atoms with Crippen LogP contribution in [-0.4, -0.2) is 11.7 Å².